The van der Waals surface area contributed by atoms with Gasteiger partial charge in [-0.1, -0.05) is 60.7 Å². The second-order valence-electron chi connectivity index (χ2n) is 7.08. The lowest BCUT2D eigenvalue weighted by molar-refractivity contribution is 0.295. The van der Waals surface area contributed by atoms with Crippen LogP contribution in [0.3, 0.4) is 0 Å². The van der Waals surface area contributed by atoms with Gasteiger partial charge >= 0.3 is 0 Å². The van der Waals surface area contributed by atoms with Gasteiger partial charge < -0.3 is 4.98 Å². The van der Waals surface area contributed by atoms with E-state index in [0.29, 0.717) is 4.77 Å². The number of aromatic nitrogens is 2. The van der Waals surface area contributed by atoms with Crippen molar-refractivity contribution in [3.63, 3.8) is 0 Å². The predicted octanol–water partition coefficient (Wildman–Crippen LogP) is 3.39. The summed E-state index contributed by atoms with van der Waals surface area (Å²) < 4.78 is 0.439. The fourth-order valence-electron chi connectivity index (χ4n) is 4.00. The molecule has 6 nitrogen and oxygen atoms in total. The Hall–Kier alpha value is -3.03. The quantitative estimate of drug-likeness (QED) is 0.600. The average molecular weight is 389 g/mol. The second kappa shape index (κ2) is 6.85. The molecule has 3 aromatic rings. The van der Waals surface area contributed by atoms with E-state index in [1.54, 1.807) is 0 Å². The van der Waals surface area contributed by atoms with Crippen molar-refractivity contribution in [2.45, 2.75) is 25.0 Å². The third-order valence-electron chi connectivity index (χ3n) is 5.27. The van der Waals surface area contributed by atoms with Gasteiger partial charge in [0.05, 0.1) is 11.4 Å². The van der Waals surface area contributed by atoms with Crippen molar-refractivity contribution in [2.24, 2.45) is 5.10 Å². The molecule has 0 amide bonds. The number of nitrogens with zero attached hydrogens (tertiary/aromatic N) is 3. The molecule has 2 aliphatic heterocycles. The Balaban J connectivity index is 1.49. The molecule has 1 fully saturated rings. The Labute approximate surface area is 168 Å². The van der Waals surface area contributed by atoms with Gasteiger partial charge in [-0.25, -0.2) is 10.4 Å². The highest BCUT2D eigenvalue weighted by Gasteiger charge is 2.45. The van der Waals surface area contributed by atoms with Gasteiger partial charge in [0.1, 0.15) is 6.17 Å². The number of H-pyrrole nitrogens is 1. The first-order valence-corrected chi connectivity index (χ1v) is 9.72. The molecule has 0 radical (unpaired) electrons. The Morgan fingerprint density at radius 1 is 1.00 bits per heavy atom. The summed E-state index contributed by atoms with van der Waals surface area (Å²) in [5.41, 5.74) is 10.8. The van der Waals surface area contributed by atoms with Gasteiger partial charge in [0.15, 0.2) is 10.6 Å². The molecule has 3 unspecified atom stereocenters. The minimum absolute atomic E-state index is 0.0442. The highest BCUT2D eigenvalue weighted by atomic mass is 32.1. The van der Waals surface area contributed by atoms with Crippen LogP contribution in [0.5, 0.6) is 0 Å². The summed E-state index contributed by atoms with van der Waals surface area (Å²) in [7, 11) is 0. The average Bonchev–Trinajstić information content (AvgIpc) is 3.26. The first kappa shape index (κ1) is 17.1. The molecule has 0 aliphatic carbocycles. The summed E-state index contributed by atoms with van der Waals surface area (Å²) in [4.78, 5) is 7.68. The Morgan fingerprint density at radius 3 is 2.46 bits per heavy atom. The van der Waals surface area contributed by atoms with Crippen molar-refractivity contribution in [1.82, 2.24) is 25.8 Å². The zero-order valence-electron chi connectivity index (χ0n) is 15.3. The number of rotatable bonds is 3. The molecule has 5 rings (SSSR count). The molecule has 140 valence electrons. The van der Waals surface area contributed by atoms with Crippen molar-refractivity contribution in [3.05, 3.63) is 82.8 Å². The summed E-state index contributed by atoms with van der Waals surface area (Å²) in [6.07, 6.45) is 0.0442. The monoisotopic (exact) mass is 388 g/mol. The molecule has 0 saturated carbocycles. The van der Waals surface area contributed by atoms with Crippen molar-refractivity contribution in [2.75, 3.05) is 0 Å². The number of aromatic amines is 1. The molecule has 3 N–H and O–H groups in total. The number of hydrazine groups is 1. The van der Waals surface area contributed by atoms with Gasteiger partial charge in [0.2, 0.25) is 0 Å². The maximum atomic E-state index is 5.38. The predicted molar refractivity (Wildman–Crippen MR) is 112 cm³/mol. The highest BCUT2D eigenvalue weighted by molar-refractivity contribution is 7.71. The van der Waals surface area contributed by atoms with Crippen LogP contribution in [0.4, 0.5) is 0 Å². The lowest BCUT2D eigenvalue weighted by atomic mass is 9.91. The van der Waals surface area contributed by atoms with Gasteiger partial charge in [-0.3, -0.25) is 10.4 Å². The van der Waals surface area contributed by atoms with E-state index in [1.165, 1.54) is 5.56 Å². The number of hydrogen-bond acceptors (Lipinski definition) is 6. The van der Waals surface area contributed by atoms with E-state index in [4.69, 9.17) is 12.2 Å². The molecule has 28 heavy (non-hydrogen) atoms. The van der Waals surface area contributed by atoms with E-state index in [1.807, 2.05) is 42.5 Å². The molecule has 2 aromatic carbocycles. The van der Waals surface area contributed by atoms with Crippen LogP contribution in [0, 0.1) is 4.77 Å². The van der Waals surface area contributed by atoms with Crippen LogP contribution in [0.1, 0.15) is 24.1 Å². The largest absolute Gasteiger partial charge is 0.328 e. The highest BCUT2D eigenvalue weighted by Crippen LogP contribution is 2.34. The minimum Gasteiger partial charge on any atom is -0.328 e. The number of fused-ring (bicyclic) bond motifs is 1. The van der Waals surface area contributed by atoms with Gasteiger partial charge in [-0.15, -0.1) is 0 Å². The zero-order chi connectivity index (χ0) is 19.1. The van der Waals surface area contributed by atoms with E-state index >= 15 is 0 Å². The second-order valence-corrected chi connectivity index (χ2v) is 7.47. The summed E-state index contributed by atoms with van der Waals surface area (Å²) >= 11 is 5.38. The molecule has 1 saturated heterocycles. The molecule has 7 heteroatoms. The zero-order valence-corrected chi connectivity index (χ0v) is 16.1. The van der Waals surface area contributed by atoms with E-state index in [2.05, 4.69) is 62.1 Å². The number of amidine groups is 1. The lowest BCUT2D eigenvalue weighted by Gasteiger charge is -2.21. The Kier molecular flexibility index (Phi) is 4.18. The van der Waals surface area contributed by atoms with E-state index in [9.17, 15) is 0 Å². The van der Waals surface area contributed by atoms with Crippen LogP contribution < -0.4 is 10.9 Å². The molecular weight excluding hydrogens is 368 g/mol. The topological polar surface area (TPSA) is 68.3 Å². The third kappa shape index (κ3) is 2.89. The van der Waals surface area contributed by atoms with E-state index in [-0.39, 0.29) is 18.1 Å². The number of hydrogen-bond donors (Lipinski definition) is 3. The maximum absolute atomic E-state index is 5.38. The van der Waals surface area contributed by atoms with Crippen LogP contribution in [0.15, 0.2) is 71.8 Å². The summed E-state index contributed by atoms with van der Waals surface area (Å²) in [5, 5.41) is 6.70. The smallest absolute Gasteiger partial charge is 0.197 e. The molecule has 0 spiro atoms. The fraction of sp³-hybridized carbons (Fsp3) is 0.190. The molecule has 1 aromatic heterocycles. The molecule has 3 heterocycles. The number of nitrogens with one attached hydrogen (secondary N) is 3. The van der Waals surface area contributed by atoms with Gasteiger partial charge in [-0.05, 0) is 30.8 Å². The van der Waals surface area contributed by atoms with Crippen LogP contribution in [-0.4, -0.2) is 33.0 Å². The summed E-state index contributed by atoms with van der Waals surface area (Å²) in [6, 6.07) is 22.8. The first-order chi connectivity index (χ1) is 13.7. The van der Waals surface area contributed by atoms with E-state index in [0.717, 1.165) is 22.8 Å². The van der Waals surface area contributed by atoms with E-state index < -0.39 is 0 Å². The summed E-state index contributed by atoms with van der Waals surface area (Å²) in [6.45, 7) is 2.19. The van der Waals surface area contributed by atoms with Crippen molar-refractivity contribution in [3.8, 4) is 11.3 Å². The summed E-state index contributed by atoms with van der Waals surface area (Å²) in [5.74, 6) is 1.07. The number of benzene rings is 2. The van der Waals surface area contributed by atoms with Gasteiger partial charge in [0.25, 0.3) is 0 Å². The fourth-order valence-corrected chi connectivity index (χ4v) is 4.21. The molecular formula is C21H20N6S. The maximum Gasteiger partial charge on any atom is 0.197 e. The van der Waals surface area contributed by atoms with Crippen LogP contribution >= 0.6 is 12.2 Å². The molecule has 2 aliphatic rings. The van der Waals surface area contributed by atoms with Crippen LogP contribution in [0.2, 0.25) is 0 Å². The normalized spacial score (nSPS) is 23.2. The standard InChI is InChI=1S/C21H20N6S/c1-13-18(15-10-6-3-7-11-15)20-25-24-19(27(20)26-13)17-12-16(22-21(28)23-17)14-8-4-2-5-9-14/h2-13,18,20,25-26H,1H3,(H,22,23,28). The minimum atomic E-state index is 0.0442. The van der Waals surface area contributed by atoms with Crippen LogP contribution in [0.25, 0.3) is 11.3 Å². The SMILES string of the molecule is CC1NN2C(c3cc(-c4ccccc4)nc(=S)[nH]3)=NNC2C1c1ccccc1. The third-order valence-corrected chi connectivity index (χ3v) is 5.46. The Morgan fingerprint density at radius 2 is 1.71 bits per heavy atom. The molecule has 0 bridgehead atoms. The van der Waals surface area contributed by atoms with Crippen molar-refractivity contribution >= 4 is 18.1 Å². The number of hydrazone groups is 1. The van der Waals surface area contributed by atoms with Crippen LogP contribution in [-0.2, 0) is 0 Å². The molecule has 3 atom stereocenters. The van der Waals surface area contributed by atoms with Crippen molar-refractivity contribution in [1.29, 1.82) is 0 Å². The van der Waals surface area contributed by atoms with Crippen molar-refractivity contribution < 1.29 is 0 Å². The van der Waals surface area contributed by atoms with Gasteiger partial charge in [0, 0.05) is 17.5 Å². The lowest BCUT2D eigenvalue weighted by Crippen LogP contribution is -2.43. The Bertz CT molecular complexity index is 1080. The first-order valence-electron chi connectivity index (χ1n) is 9.31. The van der Waals surface area contributed by atoms with Gasteiger partial charge in [-0.2, -0.15) is 5.10 Å².